The summed E-state index contributed by atoms with van der Waals surface area (Å²) in [4.78, 5) is 11.5. The molecule has 3 heterocycles. The number of hydrogen-bond donors (Lipinski definition) is 1. The van der Waals surface area contributed by atoms with E-state index in [9.17, 15) is 0 Å². The highest BCUT2D eigenvalue weighted by Crippen LogP contribution is 2.35. The van der Waals surface area contributed by atoms with E-state index in [1.165, 1.54) is 19.3 Å². The zero-order valence-corrected chi connectivity index (χ0v) is 19.5. The molecule has 0 atom stereocenters. The third-order valence-corrected chi connectivity index (χ3v) is 7.43. The summed E-state index contributed by atoms with van der Waals surface area (Å²) in [5.74, 6) is 2.34. The van der Waals surface area contributed by atoms with Crippen molar-refractivity contribution < 1.29 is 9.47 Å². The van der Waals surface area contributed by atoms with E-state index in [1.54, 1.807) is 12.4 Å². The molecule has 34 heavy (non-hydrogen) atoms. The van der Waals surface area contributed by atoms with Gasteiger partial charge in [-0.15, -0.1) is 5.10 Å². The minimum absolute atomic E-state index is 0.176. The summed E-state index contributed by atoms with van der Waals surface area (Å²) >= 11 is 0. The van der Waals surface area contributed by atoms with Gasteiger partial charge in [-0.1, -0.05) is 6.42 Å². The molecule has 0 spiro atoms. The molecule has 3 aliphatic rings. The van der Waals surface area contributed by atoms with Gasteiger partial charge in [0.1, 0.15) is 17.1 Å². The molecule has 1 saturated heterocycles. The summed E-state index contributed by atoms with van der Waals surface area (Å²) in [5, 5.41) is 12.5. The highest BCUT2D eigenvalue weighted by atomic mass is 16.5. The van der Waals surface area contributed by atoms with Crippen LogP contribution in [0.2, 0.25) is 0 Å². The first-order chi connectivity index (χ1) is 16.8. The van der Waals surface area contributed by atoms with E-state index in [0.29, 0.717) is 12.0 Å². The topological polar surface area (TPSA) is 85.3 Å². The monoisotopic (exact) mass is 460 g/mol. The molecule has 0 amide bonds. The number of aromatic nitrogens is 4. The predicted molar refractivity (Wildman–Crippen MR) is 131 cm³/mol. The largest absolute Gasteiger partial charge is 0.488 e. The third-order valence-electron chi connectivity index (χ3n) is 7.43. The summed E-state index contributed by atoms with van der Waals surface area (Å²) in [5.41, 5.74) is 3.98. The van der Waals surface area contributed by atoms with Crippen molar-refractivity contribution in [1.29, 1.82) is 0 Å². The molecule has 2 aliphatic carbocycles. The van der Waals surface area contributed by atoms with E-state index >= 15 is 0 Å². The van der Waals surface area contributed by atoms with Gasteiger partial charge in [-0.2, -0.15) is 5.10 Å². The Hall–Kier alpha value is -3.00. The zero-order chi connectivity index (χ0) is 22.7. The fraction of sp³-hybridized carbons (Fsp3) is 0.538. The molecule has 1 aliphatic heterocycles. The maximum Gasteiger partial charge on any atom is 0.149 e. The molecule has 178 valence electrons. The molecule has 2 saturated carbocycles. The van der Waals surface area contributed by atoms with Gasteiger partial charge >= 0.3 is 0 Å². The maximum atomic E-state index is 6.54. The number of nitrogens with zero attached hydrogens (tertiary/aromatic N) is 5. The predicted octanol–water partition coefficient (Wildman–Crippen LogP) is 4.33. The smallest absolute Gasteiger partial charge is 0.149 e. The van der Waals surface area contributed by atoms with E-state index in [0.717, 1.165) is 86.0 Å². The van der Waals surface area contributed by atoms with Gasteiger partial charge in [-0.25, -0.2) is 4.98 Å². The van der Waals surface area contributed by atoms with Crippen molar-refractivity contribution in [3.63, 3.8) is 0 Å². The Bertz CT molecular complexity index is 1110. The van der Waals surface area contributed by atoms with Crippen molar-refractivity contribution >= 4 is 22.5 Å². The third kappa shape index (κ3) is 4.64. The minimum atomic E-state index is 0.176. The zero-order valence-electron chi connectivity index (χ0n) is 19.5. The lowest BCUT2D eigenvalue weighted by molar-refractivity contribution is 0.122. The van der Waals surface area contributed by atoms with Crippen LogP contribution in [0, 0.1) is 0 Å². The van der Waals surface area contributed by atoms with Crippen molar-refractivity contribution in [1.82, 2.24) is 20.2 Å². The van der Waals surface area contributed by atoms with Gasteiger partial charge in [0, 0.05) is 49.2 Å². The SMILES string of the molecule is c1cnc2c(OC3CCC(Nc4ccc(C5CCC5)nn4)CC3)cc(N3CCOCC3)cc2n1. The number of morpholine rings is 1. The molecule has 1 aromatic carbocycles. The number of ether oxygens (including phenoxy) is 2. The number of hydrogen-bond acceptors (Lipinski definition) is 8. The average Bonchev–Trinajstić information content (AvgIpc) is 2.86. The van der Waals surface area contributed by atoms with Crippen molar-refractivity contribution in [2.24, 2.45) is 0 Å². The Balaban J connectivity index is 1.09. The van der Waals surface area contributed by atoms with Crippen LogP contribution in [-0.2, 0) is 4.74 Å². The Morgan fingerprint density at radius 1 is 0.912 bits per heavy atom. The molecular weight excluding hydrogens is 428 g/mol. The summed E-state index contributed by atoms with van der Waals surface area (Å²) in [6.07, 6.45) is 11.6. The van der Waals surface area contributed by atoms with E-state index in [1.807, 2.05) is 0 Å². The average molecular weight is 461 g/mol. The van der Waals surface area contributed by atoms with Crippen LogP contribution < -0.4 is 15.0 Å². The summed E-state index contributed by atoms with van der Waals surface area (Å²) in [6.45, 7) is 3.26. The number of benzene rings is 1. The van der Waals surface area contributed by atoms with Gasteiger partial charge in [0.25, 0.3) is 0 Å². The molecule has 6 rings (SSSR count). The Morgan fingerprint density at radius 2 is 1.74 bits per heavy atom. The first-order valence-corrected chi connectivity index (χ1v) is 12.7. The normalized spacial score (nSPS) is 23.5. The number of rotatable bonds is 6. The fourth-order valence-electron chi connectivity index (χ4n) is 5.18. The highest BCUT2D eigenvalue weighted by molar-refractivity contribution is 5.85. The van der Waals surface area contributed by atoms with Gasteiger partial charge in [0.2, 0.25) is 0 Å². The standard InChI is InChI=1S/C26H32N6O2/c1-2-18(3-1)22-8-9-25(31-30-22)29-19-4-6-21(7-5-19)34-24-17-20(32-12-14-33-15-13-32)16-23-26(24)28-11-10-27-23/h8-11,16-19,21H,1-7,12-15H2,(H,29,31). The van der Waals surface area contributed by atoms with Gasteiger partial charge in [-0.05, 0) is 56.7 Å². The van der Waals surface area contributed by atoms with Crippen molar-refractivity contribution in [2.45, 2.75) is 63.0 Å². The first-order valence-electron chi connectivity index (χ1n) is 12.7. The van der Waals surface area contributed by atoms with Crippen molar-refractivity contribution in [2.75, 3.05) is 36.5 Å². The summed E-state index contributed by atoms with van der Waals surface area (Å²) < 4.78 is 12.1. The van der Waals surface area contributed by atoms with Gasteiger partial charge < -0.3 is 19.7 Å². The van der Waals surface area contributed by atoms with Gasteiger partial charge in [-0.3, -0.25) is 4.98 Å². The van der Waals surface area contributed by atoms with Crippen LogP contribution in [-0.4, -0.2) is 58.6 Å². The highest BCUT2D eigenvalue weighted by Gasteiger charge is 2.25. The number of fused-ring (bicyclic) bond motifs is 1. The van der Waals surface area contributed by atoms with E-state index in [4.69, 9.17) is 9.47 Å². The molecule has 2 aromatic heterocycles. The van der Waals surface area contributed by atoms with Crippen LogP contribution in [0.3, 0.4) is 0 Å². The molecule has 0 bridgehead atoms. The molecule has 8 nitrogen and oxygen atoms in total. The van der Waals surface area contributed by atoms with Crippen LogP contribution in [0.5, 0.6) is 5.75 Å². The number of anilines is 2. The van der Waals surface area contributed by atoms with Crippen LogP contribution in [0.4, 0.5) is 11.5 Å². The van der Waals surface area contributed by atoms with Crippen LogP contribution >= 0.6 is 0 Å². The molecule has 3 fully saturated rings. The Kier molecular flexibility index (Phi) is 6.14. The van der Waals surface area contributed by atoms with Crippen molar-refractivity contribution in [3.8, 4) is 5.75 Å². The summed E-state index contributed by atoms with van der Waals surface area (Å²) in [6, 6.07) is 8.87. The van der Waals surface area contributed by atoms with E-state index in [2.05, 4.69) is 54.6 Å². The lowest BCUT2D eigenvalue weighted by atomic mass is 9.83. The Labute approximate surface area is 200 Å². The molecule has 8 heteroatoms. The fourth-order valence-corrected chi connectivity index (χ4v) is 5.18. The quantitative estimate of drug-likeness (QED) is 0.582. The lowest BCUT2D eigenvalue weighted by Gasteiger charge is -2.31. The molecule has 0 radical (unpaired) electrons. The van der Waals surface area contributed by atoms with E-state index in [-0.39, 0.29) is 6.10 Å². The second-order valence-electron chi connectivity index (χ2n) is 9.67. The van der Waals surface area contributed by atoms with Crippen LogP contribution in [0.15, 0.2) is 36.7 Å². The maximum absolute atomic E-state index is 6.54. The van der Waals surface area contributed by atoms with E-state index < -0.39 is 0 Å². The van der Waals surface area contributed by atoms with Crippen LogP contribution in [0.1, 0.15) is 56.6 Å². The second kappa shape index (κ2) is 9.70. The molecule has 1 N–H and O–H groups in total. The van der Waals surface area contributed by atoms with Crippen molar-refractivity contribution in [3.05, 3.63) is 42.4 Å². The molecule has 3 aromatic rings. The molecular formula is C26H32N6O2. The summed E-state index contributed by atoms with van der Waals surface area (Å²) in [7, 11) is 0. The number of nitrogens with one attached hydrogen (secondary N) is 1. The minimum Gasteiger partial charge on any atom is -0.488 e. The van der Waals surface area contributed by atoms with Crippen LogP contribution in [0.25, 0.3) is 11.0 Å². The lowest BCUT2D eigenvalue weighted by Crippen LogP contribution is -2.36. The van der Waals surface area contributed by atoms with Gasteiger partial charge in [0.05, 0.1) is 30.5 Å². The van der Waals surface area contributed by atoms with Gasteiger partial charge in [0.15, 0.2) is 0 Å². The first kappa shape index (κ1) is 21.5. The molecule has 0 unspecified atom stereocenters. The second-order valence-corrected chi connectivity index (χ2v) is 9.67. The Morgan fingerprint density at radius 3 is 2.47 bits per heavy atom.